The number of nitrogens with zero attached hydrogens (tertiary/aromatic N) is 3. The lowest BCUT2D eigenvalue weighted by Gasteiger charge is -2.26. The quantitative estimate of drug-likeness (QED) is 0.728. The molecule has 0 atom stereocenters. The molecular formula is C9H16N4. The Morgan fingerprint density at radius 3 is 3.15 bits per heavy atom. The van der Waals surface area contributed by atoms with E-state index in [1.807, 2.05) is 10.7 Å². The Balaban J connectivity index is 2.10. The van der Waals surface area contributed by atoms with Crippen molar-refractivity contribution in [3.63, 3.8) is 0 Å². The Morgan fingerprint density at radius 2 is 2.38 bits per heavy atom. The highest BCUT2D eigenvalue weighted by Gasteiger charge is 2.16. The molecule has 13 heavy (non-hydrogen) atoms. The molecule has 1 aliphatic heterocycles. The highest BCUT2D eigenvalue weighted by atomic mass is 15.3. The molecule has 72 valence electrons. The van der Waals surface area contributed by atoms with Crippen LogP contribution in [0.5, 0.6) is 0 Å². The van der Waals surface area contributed by atoms with E-state index in [2.05, 4.69) is 16.9 Å². The van der Waals surface area contributed by atoms with Crippen LogP contribution >= 0.6 is 0 Å². The summed E-state index contributed by atoms with van der Waals surface area (Å²) in [6, 6.07) is 1.97. The van der Waals surface area contributed by atoms with Crippen molar-refractivity contribution in [3.05, 3.63) is 11.8 Å². The van der Waals surface area contributed by atoms with Crippen molar-refractivity contribution in [1.29, 1.82) is 0 Å². The predicted octanol–water partition coefficient (Wildman–Crippen LogP) is 0.691. The molecule has 2 N–H and O–H groups in total. The summed E-state index contributed by atoms with van der Waals surface area (Å²) in [6.45, 7) is 6.46. The first kappa shape index (κ1) is 8.56. The molecule has 1 aliphatic rings. The van der Waals surface area contributed by atoms with E-state index in [1.165, 1.54) is 18.7 Å². The maximum Gasteiger partial charge on any atom is 0.145 e. The molecule has 0 saturated carbocycles. The number of nitrogens with two attached hydrogens (primary N) is 1. The maximum atomic E-state index is 5.63. The topological polar surface area (TPSA) is 47.1 Å². The lowest BCUT2D eigenvalue weighted by atomic mass is 10.3. The Labute approximate surface area is 78.3 Å². The van der Waals surface area contributed by atoms with Gasteiger partial charge in [0, 0.05) is 19.2 Å². The van der Waals surface area contributed by atoms with Crippen molar-refractivity contribution < 1.29 is 0 Å². The molecule has 0 aliphatic carbocycles. The first-order chi connectivity index (χ1) is 6.29. The number of rotatable bonds is 2. The van der Waals surface area contributed by atoms with Crippen LogP contribution in [0, 0.1) is 0 Å². The highest BCUT2D eigenvalue weighted by Crippen LogP contribution is 2.14. The highest BCUT2D eigenvalue weighted by molar-refractivity contribution is 5.29. The van der Waals surface area contributed by atoms with Crippen LogP contribution in [0.25, 0.3) is 0 Å². The standard InChI is InChI=1S/C9H16N4/c1-2-3-12-4-5-13-8(7-12)6-9(10)11-13/h6H,2-5,7H2,1H3,(H2,10,11). The van der Waals surface area contributed by atoms with Gasteiger partial charge in [-0.3, -0.25) is 9.58 Å². The monoisotopic (exact) mass is 180 g/mol. The molecule has 2 rings (SSSR count). The molecule has 0 saturated heterocycles. The minimum absolute atomic E-state index is 0.647. The third-order valence-electron chi connectivity index (χ3n) is 2.44. The molecule has 0 amide bonds. The second-order valence-electron chi connectivity index (χ2n) is 3.56. The van der Waals surface area contributed by atoms with E-state index in [9.17, 15) is 0 Å². The van der Waals surface area contributed by atoms with Gasteiger partial charge in [-0.2, -0.15) is 5.10 Å². The van der Waals surface area contributed by atoms with Crippen LogP contribution in [0.1, 0.15) is 19.0 Å². The SMILES string of the molecule is CCCN1CCn2nc(N)cc2C1. The van der Waals surface area contributed by atoms with Crippen LogP contribution in [-0.2, 0) is 13.1 Å². The maximum absolute atomic E-state index is 5.63. The first-order valence-electron chi connectivity index (χ1n) is 4.84. The van der Waals surface area contributed by atoms with Crippen LogP contribution in [0.15, 0.2) is 6.07 Å². The zero-order valence-corrected chi connectivity index (χ0v) is 8.03. The van der Waals surface area contributed by atoms with E-state index in [1.54, 1.807) is 0 Å². The van der Waals surface area contributed by atoms with Crippen molar-refractivity contribution in [2.75, 3.05) is 18.8 Å². The molecule has 0 radical (unpaired) electrons. The van der Waals surface area contributed by atoms with E-state index in [0.29, 0.717) is 5.82 Å². The summed E-state index contributed by atoms with van der Waals surface area (Å²) in [6.07, 6.45) is 1.21. The van der Waals surface area contributed by atoms with E-state index in [0.717, 1.165) is 19.6 Å². The van der Waals surface area contributed by atoms with Crippen molar-refractivity contribution in [2.24, 2.45) is 0 Å². The van der Waals surface area contributed by atoms with Gasteiger partial charge in [-0.25, -0.2) is 0 Å². The molecule has 0 aromatic carbocycles. The number of nitrogen functional groups attached to an aromatic ring is 1. The number of aromatic nitrogens is 2. The van der Waals surface area contributed by atoms with Crippen molar-refractivity contribution in [2.45, 2.75) is 26.4 Å². The second-order valence-corrected chi connectivity index (χ2v) is 3.56. The van der Waals surface area contributed by atoms with Crippen LogP contribution in [0.2, 0.25) is 0 Å². The largest absolute Gasteiger partial charge is 0.382 e. The lowest BCUT2D eigenvalue weighted by Crippen LogP contribution is -2.34. The van der Waals surface area contributed by atoms with Gasteiger partial charge in [-0.15, -0.1) is 0 Å². The molecule has 1 aromatic heterocycles. The number of anilines is 1. The van der Waals surface area contributed by atoms with E-state index < -0.39 is 0 Å². The van der Waals surface area contributed by atoms with Crippen molar-refractivity contribution >= 4 is 5.82 Å². The number of hydrogen-bond donors (Lipinski definition) is 1. The van der Waals surface area contributed by atoms with Gasteiger partial charge in [0.05, 0.1) is 12.2 Å². The number of fused-ring (bicyclic) bond motifs is 1. The summed E-state index contributed by atoms with van der Waals surface area (Å²) in [7, 11) is 0. The second kappa shape index (κ2) is 3.38. The fourth-order valence-electron chi connectivity index (χ4n) is 1.85. The van der Waals surface area contributed by atoms with Crippen LogP contribution in [0.4, 0.5) is 5.82 Å². The summed E-state index contributed by atoms with van der Waals surface area (Å²) in [5.74, 6) is 0.647. The van der Waals surface area contributed by atoms with Gasteiger partial charge in [0.1, 0.15) is 5.82 Å². The molecular weight excluding hydrogens is 164 g/mol. The predicted molar refractivity (Wildman–Crippen MR) is 52.2 cm³/mol. The normalized spacial score (nSPS) is 17.3. The average Bonchev–Trinajstić information content (AvgIpc) is 2.44. The summed E-state index contributed by atoms with van der Waals surface area (Å²) in [5.41, 5.74) is 6.87. The van der Waals surface area contributed by atoms with Gasteiger partial charge >= 0.3 is 0 Å². The van der Waals surface area contributed by atoms with Gasteiger partial charge in [-0.1, -0.05) is 6.92 Å². The Bertz CT molecular complexity index is 292. The van der Waals surface area contributed by atoms with Crippen LogP contribution < -0.4 is 5.73 Å². The summed E-state index contributed by atoms with van der Waals surface area (Å²) in [4.78, 5) is 2.44. The van der Waals surface area contributed by atoms with Crippen molar-refractivity contribution in [1.82, 2.24) is 14.7 Å². The molecule has 4 nitrogen and oxygen atoms in total. The molecule has 0 bridgehead atoms. The van der Waals surface area contributed by atoms with E-state index >= 15 is 0 Å². The van der Waals surface area contributed by atoms with Gasteiger partial charge in [0.2, 0.25) is 0 Å². The smallest absolute Gasteiger partial charge is 0.145 e. The Hall–Kier alpha value is -1.03. The minimum atomic E-state index is 0.647. The van der Waals surface area contributed by atoms with E-state index in [-0.39, 0.29) is 0 Å². The summed E-state index contributed by atoms with van der Waals surface area (Å²) in [5, 5.41) is 4.21. The summed E-state index contributed by atoms with van der Waals surface area (Å²) < 4.78 is 2.02. The fraction of sp³-hybridized carbons (Fsp3) is 0.667. The molecule has 0 unspecified atom stereocenters. The molecule has 0 fully saturated rings. The lowest BCUT2D eigenvalue weighted by molar-refractivity contribution is 0.214. The van der Waals surface area contributed by atoms with E-state index in [4.69, 9.17) is 5.73 Å². The molecule has 0 spiro atoms. The Kier molecular flexibility index (Phi) is 2.22. The van der Waals surface area contributed by atoms with Gasteiger partial charge in [0.15, 0.2) is 0 Å². The number of hydrogen-bond acceptors (Lipinski definition) is 3. The molecule has 4 heteroatoms. The minimum Gasteiger partial charge on any atom is -0.382 e. The van der Waals surface area contributed by atoms with Crippen LogP contribution in [-0.4, -0.2) is 27.8 Å². The van der Waals surface area contributed by atoms with Gasteiger partial charge < -0.3 is 5.73 Å². The summed E-state index contributed by atoms with van der Waals surface area (Å²) >= 11 is 0. The third kappa shape index (κ3) is 1.67. The first-order valence-corrected chi connectivity index (χ1v) is 4.84. The molecule has 1 aromatic rings. The third-order valence-corrected chi connectivity index (χ3v) is 2.44. The van der Waals surface area contributed by atoms with Crippen LogP contribution in [0.3, 0.4) is 0 Å². The molecule has 2 heterocycles. The average molecular weight is 180 g/mol. The zero-order chi connectivity index (χ0) is 9.26. The van der Waals surface area contributed by atoms with Gasteiger partial charge in [-0.05, 0) is 13.0 Å². The van der Waals surface area contributed by atoms with Gasteiger partial charge in [0.25, 0.3) is 0 Å². The fourth-order valence-corrected chi connectivity index (χ4v) is 1.85. The Morgan fingerprint density at radius 1 is 1.54 bits per heavy atom. The zero-order valence-electron chi connectivity index (χ0n) is 8.03. The van der Waals surface area contributed by atoms with Crippen molar-refractivity contribution in [3.8, 4) is 0 Å².